The minimum Gasteiger partial charge on any atom is -0.0879 e. The third-order valence-electron chi connectivity index (χ3n) is 8.27. The van der Waals surface area contributed by atoms with Gasteiger partial charge in [-0.15, -0.1) is 0 Å². The summed E-state index contributed by atoms with van der Waals surface area (Å²) >= 11 is 0. The van der Waals surface area contributed by atoms with E-state index >= 15 is 0 Å². The maximum absolute atomic E-state index is 2.62. The van der Waals surface area contributed by atoms with E-state index < -0.39 is 0 Å². The molecule has 0 bridgehead atoms. The van der Waals surface area contributed by atoms with E-state index in [-0.39, 0.29) is 7.43 Å². The van der Waals surface area contributed by atoms with E-state index in [1.807, 2.05) is 0 Å². The molecule has 6 atom stereocenters. The summed E-state index contributed by atoms with van der Waals surface area (Å²) in [6.45, 7) is 9.69. The van der Waals surface area contributed by atoms with Gasteiger partial charge in [-0.3, -0.25) is 0 Å². The lowest BCUT2D eigenvalue weighted by molar-refractivity contribution is -0.0320. The predicted molar refractivity (Wildman–Crippen MR) is 108 cm³/mol. The third kappa shape index (κ3) is 3.36. The van der Waals surface area contributed by atoms with Gasteiger partial charge in [-0.1, -0.05) is 72.0 Å². The number of allylic oxidation sites excluding steroid dienone is 2. The second-order valence-corrected chi connectivity index (χ2v) is 9.18. The lowest BCUT2D eigenvalue weighted by atomic mass is 9.51. The minimum absolute atomic E-state index is 0. The molecule has 0 radical (unpaired) electrons. The van der Waals surface area contributed by atoms with E-state index in [1.54, 1.807) is 18.4 Å². The van der Waals surface area contributed by atoms with Gasteiger partial charge in [0.1, 0.15) is 0 Å². The molecule has 0 aromatic heterocycles. The lowest BCUT2D eigenvalue weighted by Gasteiger charge is -2.54. The molecular formula is C24H44. The smallest absolute Gasteiger partial charge is 0.00853 e. The van der Waals surface area contributed by atoms with Crippen molar-refractivity contribution in [3.05, 3.63) is 11.6 Å². The van der Waals surface area contributed by atoms with Crippen molar-refractivity contribution in [1.29, 1.82) is 0 Å². The molecule has 0 N–H and O–H groups in total. The largest absolute Gasteiger partial charge is 0.0879 e. The molecule has 0 amide bonds. The fraction of sp³-hybridized carbons (Fsp3) is 0.917. The summed E-state index contributed by atoms with van der Waals surface area (Å²) < 4.78 is 0. The standard InChI is InChI=1S/C23H40.CH4/c1-5-8-10-17-11-13-21-20(19(17)9-6-2)15-16-23(4)18(7-3)12-14-22(21)23;/h7,17,19-22H,5-6,8-16H2,1-4H3;1H4/b18-7-;. The fourth-order valence-corrected chi connectivity index (χ4v) is 7.16. The van der Waals surface area contributed by atoms with E-state index in [9.17, 15) is 0 Å². The molecule has 0 spiro atoms. The van der Waals surface area contributed by atoms with E-state index in [1.165, 1.54) is 57.8 Å². The van der Waals surface area contributed by atoms with E-state index in [4.69, 9.17) is 0 Å². The molecule has 0 heteroatoms. The van der Waals surface area contributed by atoms with Crippen molar-refractivity contribution in [3.8, 4) is 0 Å². The minimum atomic E-state index is 0. The van der Waals surface area contributed by atoms with Gasteiger partial charge in [-0.05, 0) is 80.5 Å². The zero-order valence-electron chi connectivity index (χ0n) is 16.2. The zero-order chi connectivity index (χ0) is 16.4. The Morgan fingerprint density at radius 1 is 1.00 bits per heavy atom. The normalized spacial score (nSPS) is 43.2. The van der Waals surface area contributed by atoms with Gasteiger partial charge < -0.3 is 0 Å². The van der Waals surface area contributed by atoms with E-state index in [2.05, 4.69) is 33.8 Å². The van der Waals surface area contributed by atoms with Crippen molar-refractivity contribution >= 4 is 0 Å². The first-order valence-electron chi connectivity index (χ1n) is 10.8. The SMILES string of the molecule is C.C/C=C1/CCC2C3CCC(CCCC)C(CCC)C3CCC12C. The zero-order valence-corrected chi connectivity index (χ0v) is 16.2. The van der Waals surface area contributed by atoms with Gasteiger partial charge >= 0.3 is 0 Å². The second-order valence-electron chi connectivity index (χ2n) is 9.18. The number of hydrogen-bond acceptors (Lipinski definition) is 0. The summed E-state index contributed by atoms with van der Waals surface area (Å²) in [4.78, 5) is 0. The fourth-order valence-electron chi connectivity index (χ4n) is 7.16. The maximum atomic E-state index is 2.62. The molecule has 0 heterocycles. The number of unbranched alkanes of at least 4 members (excludes halogenated alkanes) is 1. The molecule has 0 aromatic carbocycles. The number of hydrogen-bond donors (Lipinski definition) is 0. The molecule has 140 valence electrons. The van der Waals surface area contributed by atoms with Gasteiger partial charge in [-0.25, -0.2) is 0 Å². The Balaban J connectivity index is 0.00000208. The molecule has 0 saturated heterocycles. The van der Waals surface area contributed by atoms with Gasteiger partial charge in [0, 0.05) is 0 Å². The summed E-state index contributed by atoms with van der Waals surface area (Å²) in [7, 11) is 0. The lowest BCUT2D eigenvalue weighted by Crippen LogP contribution is -2.46. The highest BCUT2D eigenvalue weighted by Crippen LogP contribution is 2.63. The van der Waals surface area contributed by atoms with E-state index in [0.717, 1.165) is 29.6 Å². The summed E-state index contributed by atoms with van der Waals surface area (Å²) in [5, 5.41) is 0. The van der Waals surface area contributed by atoms with Crippen molar-refractivity contribution < 1.29 is 0 Å². The predicted octanol–water partition coefficient (Wildman–Crippen LogP) is 8.03. The van der Waals surface area contributed by atoms with Crippen molar-refractivity contribution in [2.45, 2.75) is 106 Å². The van der Waals surface area contributed by atoms with Crippen LogP contribution in [0.25, 0.3) is 0 Å². The van der Waals surface area contributed by atoms with Crippen LogP contribution in [0.15, 0.2) is 11.6 Å². The van der Waals surface area contributed by atoms with Crippen molar-refractivity contribution in [3.63, 3.8) is 0 Å². The molecule has 3 rings (SSSR count). The summed E-state index contributed by atoms with van der Waals surface area (Å²) in [5.74, 6) is 5.26. The summed E-state index contributed by atoms with van der Waals surface area (Å²) in [5.41, 5.74) is 2.38. The van der Waals surface area contributed by atoms with Crippen molar-refractivity contribution in [2.75, 3.05) is 0 Å². The summed E-state index contributed by atoms with van der Waals surface area (Å²) in [6.07, 6.45) is 18.8. The molecule has 0 aromatic rings. The van der Waals surface area contributed by atoms with E-state index in [0.29, 0.717) is 5.41 Å². The molecule has 3 fully saturated rings. The molecule has 3 aliphatic carbocycles. The first kappa shape index (κ1) is 20.1. The van der Waals surface area contributed by atoms with Gasteiger partial charge in [0.15, 0.2) is 0 Å². The Hall–Kier alpha value is -0.260. The first-order chi connectivity index (χ1) is 11.2. The second kappa shape index (κ2) is 8.41. The molecule has 3 saturated carbocycles. The van der Waals surface area contributed by atoms with Gasteiger partial charge in [0.2, 0.25) is 0 Å². The van der Waals surface area contributed by atoms with Gasteiger partial charge in [0.25, 0.3) is 0 Å². The number of fused-ring (bicyclic) bond motifs is 3. The Morgan fingerprint density at radius 3 is 2.46 bits per heavy atom. The molecule has 6 unspecified atom stereocenters. The first-order valence-corrected chi connectivity index (χ1v) is 10.8. The van der Waals surface area contributed by atoms with Crippen LogP contribution in [0.4, 0.5) is 0 Å². The van der Waals surface area contributed by atoms with Crippen LogP contribution < -0.4 is 0 Å². The molecule has 0 aliphatic heterocycles. The molecule has 24 heavy (non-hydrogen) atoms. The molecular weight excluding hydrogens is 288 g/mol. The van der Waals surface area contributed by atoms with Crippen molar-refractivity contribution in [1.82, 2.24) is 0 Å². The third-order valence-corrected chi connectivity index (χ3v) is 8.27. The monoisotopic (exact) mass is 332 g/mol. The molecule has 3 aliphatic rings. The van der Waals surface area contributed by atoms with Crippen LogP contribution in [0, 0.1) is 35.0 Å². The maximum Gasteiger partial charge on any atom is -0.00853 e. The average molecular weight is 333 g/mol. The van der Waals surface area contributed by atoms with Crippen LogP contribution in [0.1, 0.15) is 106 Å². The highest BCUT2D eigenvalue weighted by molar-refractivity contribution is 5.22. The van der Waals surface area contributed by atoms with Crippen LogP contribution in [-0.2, 0) is 0 Å². The highest BCUT2D eigenvalue weighted by Gasteiger charge is 2.54. The van der Waals surface area contributed by atoms with Gasteiger partial charge in [-0.2, -0.15) is 0 Å². The summed E-state index contributed by atoms with van der Waals surface area (Å²) in [6, 6.07) is 0. The number of rotatable bonds is 5. The van der Waals surface area contributed by atoms with Crippen LogP contribution in [0.2, 0.25) is 0 Å². The average Bonchev–Trinajstić information content (AvgIpc) is 2.90. The topological polar surface area (TPSA) is 0 Å². The van der Waals surface area contributed by atoms with Crippen molar-refractivity contribution in [2.24, 2.45) is 35.0 Å². The Labute approximate surface area is 152 Å². The Bertz CT molecular complexity index is 420. The van der Waals surface area contributed by atoms with Gasteiger partial charge in [0.05, 0.1) is 0 Å². The Morgan fingerprint density at radius 2 is 1.79 bits per heavy atom. The van der Waals surface area contributed by atoms with Crippen LogP contribution >= 0.6 is 0 Å². The van der Waals surface area contributed by atoms with Crippen LogP contribution in [-0.4, -0.2) is 0 Å². The quantitative estimate of drug-likeness (QED) is 0.447. The highest BCUT2D eigenvalue weighted by atomic mass is 14.6. The Kier molecular flexibility index (Phi) is 7.03. The van der Waals surface area contributed by atoms with Crippen LogP contribution in [0.5, 0.6) is 0 Å². The molecule has 0 nitrogen and oxygen atoms in total. The van der Waals surface area contributed by atoms with Crippen LogP contribution in [0.3, 0.4) is 0 Å².